The Kier molecular flexibility index (Phi) is 44.7. The van der Waals surface area contributed by atoms with Crippen molar-refractivity contribution in [2.24, 2.45) is 46.8 Å². The number of nitrogens with zero attached hydrogens (tertiary/aromatic N) is 2. The molecule has 0 saturated carbocycles. The number of aliphatic hydroxyl groups excluding tert-OH is 1. The number of hydrogen-bond acceptors (Lipinski definition) is 24. The van der Waals surface area contributed by atoms with Crippen LogP contribution in [0.15, 0.2) is 49.3 Å². The quantitative estimate of drug-likeness (QED) is 0.0250. The molecule has 0 fully saturated rings. The minimum atomic E-state index is -1.81. The van der Waals surface area contributed by atoms with Gasteiger partial charge in [-0.25, -0.2) is 9.97 Å². The molecular formula is C79H125N23O22. The number of aromatic nitrogens is 4. The molecule has 0 spiro atoms. The van der Waals surface area contributed by atoms with Crippen LogP contribution in [0.25, 0.3) is 0 Å². The normalized spacial score (nSPS) is 15.1. The van der Waals surface area contributed by atoms with Gasteiger partial charge in [0.2, 0.25) is 106 Å². The zero-order chi connectivity index (χ0) is 93.5. The number of aromatic amines is 2. The number of aliphatic hydroxyl groups is 1. The molecule has 688 valence electrons. The molecule has 27 N–H and O–H groups in total. The lowest BCUT2D eigenvalue weighted by Gasteiger charge is -2.29. The highest BCUT2D eigenvalue weighted by Gasteiger charge is 2.39. The summed E-state index contributed by atoms with van der Waals surface area (Å²) < 4.78 is 0. The number of hydrogen-bond donors (Lipinski definition) is 24. The van der Waals surface area contributed by atoms with Crippen LogP contribution < -0.4 is 102 Å². The summed E-state index contributed by atoms with van der Waals surface area (Å²) in [4.78, 5) is 268. The molecule has 0 saturated heterocycles. The Morgan fingerprint density at radius 1 is 0.395 bits per heavy atom. The maximum atomic E-state index is 14.3. The third-order valence-corrected chi connectivity index (χ3v) is 19.1. The van der Waals surface area contributed by atoms with Gasteiger partial charge in [-0.3, -0.25) is 91.1 Å². The molecule has 18 amide bonds. The second-order valence-corrected chi connectivity index (χ2v) is 32.2. The van der Waals surface area contributed by atoms with Crippen molar-refractivity contribution in [3.8, 4) is 5.75 Å². The summed E-state index contributed by atoms with van der Waals surface area (Å²) in [6.45, 7) is 20.0. The third-order valence-electron chi connectivity index (χ3n) is 19.1. The maximum Gasteiger partial charge on any atom is 0.303 e. The SMILES string of the molecule is CC[C@H](C)[C@H](NC(=O)CNC(=O)[C@H](C)NC(=O)[C@H](C)NC(=O)[C@H](Cc1cnc[nH]1)NC(=O)[C@H](CC(N)=O)NC(=O)CNC(=O)[C@H](C)NC(=O)CNC(=O)[C@H](Cc1cnc[nH]1)NC(=O)[C@H](CC(C)C)NC(=O)[C@H](CC(C)C)NC(=O)[C@H](CCC(=O)O)NC(=O)[C@@H](N)Cc1ccc(O)cc1)C(=O)N[C@H](CC(C)C)C(=O)N[C@H](C(=O)N[C@@H](CC(C)C)C(N)=O)[C@@H](C)O. The van der Waals surface area contributed by atoms with E-state index in [9.17, 15) is 106 Å². The summed E-state index contributed by atoms with van der Waals surface area (Å²) in [6, 6.07) is -14.0. The zero-order valence-electron chi connectivity index (χ0n) is 72.3. The van der Waals surface area contributed by atoms with Crippen molar-refractivity contribution in [3.63, 3.8) is 0 Å². The van der Waals surface area contributed by atoms with Gasteiger partial charge in [-0.15, -0.1) is 0 Å². The van der Waals surface area contributed by atoms with E-state index in [2.05, 4.69) is 105 Å². The number of aromatic hydroxyl groups is 1. The summed E-state index contributed by atoms with van der Waals surface area (Å²) in [6.07, 6.45) is 1.84. The first-order valence-electron chi connectivity index (χ1n) is 40.8. The molecule has 45 nitrogen and oxygen atoms in total. The first-order valence-corrected chi connectivity index (χ1v) is 40.8. The van der Waals surface area contributed by atoms with Gasteiger partial charge in [-0.05, 0) is 114 Å². The van der Waals surface area contributed by atoms with Gasteiger partial charge in [0.1, 0.15) is 84.3 Å². The number of carboxylic acids is 1. The Morgan fingerprint density at radius 2 is 0.766 bits per heavy atom. The molecule has 16 atom stereocenters. The Balaban J connectivity index is 1.65. The lowest BCUT2D eigenvalue weighted by atomic mass is 9.96. The molecule has 3 rings (SSSR count). The van der Waals surface area contributed by atoms with Crippen molar-refractivity contribution in [3.05, 3.63) is 66.3 Å². The van der Waals surface area contributed by atoms with E-state index in [1.54, 1.807) is 69.2 Å². The molecule has 45 heteroatoms. The predicted octanol–water partition coefficient (Wildman–Crippen LogP) is -6.26. The standard InChI is InChI=1S/C79H125N23O22/c1-15-41(10)64(78(123)100-55(25-40(8)9)77(122)102-65(45(14)103)79(124)95-52(66(82)111)22-37(2)3)101-62(108)34-86-68(113)43(12)91-69(114)44(13)92-73(118)57(28-48-31-84-36-89-48)99-76(121)58(29-59(81)105)93-61(107)33-85-67(112)42(11)90-60(106)32-87-71(116)56(27-47-30-83-35-88-47)98-75(120)54(24-39(6)7)97-74(119)53(23-38(4)5)96-72(117)51(20-21-63(109)110)94-70(115)50(80)26-46-16-18-49(104)19-17-46/h16-19,30-31,35-45,50-58,64-65,103-104H,15,20-29,32-34,80H2,1-14H3,(H2,81,105)(H2,82,111)(H,83,88)(H,84,89)(H,85,112)(H,86,113)(H,87,116)(H,90,106)(H,91,114)(H,92,118)(H,93,107)(H,94,115)(H,95,124)(H,96,117)(H,97,119)(H,98,120)(H,99,121)(H,100,123)(H,101,108)(H,102,122)(H,109,110)/t41-,42-,43-,44-,45+,50-,51-,52-,53-,54-,55+,56-,57-,58-,64-,65-/m0/s1. The van der Waals surface area contributed by atoms with Gasteiger partial charge < -0.3 is 128 Å². The van der Waals surface area contributed by atoms with Crippen LogP contribution in [0.3, 0.4) is 0 Å². The molecule has 3 aromatic rings. The van der Waals surface area contributed by atoms with E-state index in [0.29, 0.717) is 17.7 Å². The fourth-order valence-corrected chi connectivity index (χ4v) is 12.2. The van der Waals surface area contributed by atoms with Crippen LogP contribution in [-0.2, 0) is 110 Å². The zero-order valence-corrected chi connectivity index (χ0v) is 72.3. The van der Waals surface area contributed by atoms with E-state index in [0.717, 1.165) is 0 Å². The molecule has 2 heterocycles. The molecule has 2 aromatic heterocycles. The predicted molar refractivity (Wildman–Crippen MR) is 444 cm³/mol. The van der Waals surface area contributed by atoms with Crippen molar-refractivity contribution in [2.75, 3.05) is 19.6 Å². The summed E-state index contributed by atoms with van der Waals surface area (Å²) >= 11 is 0. The fourth-order valence-electron chi connectivity index (χ4n) is 12.2. The van der Waals surface area contributed by atoms with Gasteiger partial charge in [-0.2, -0.15) is 0 Å². The van der Waals surface area contributed by atoms with E-state index in [4.69, 9.17) is 17.2 Å². The van der Waals surface area contributed by atoms with Gasteiger partial charge in [0, 0.05) is 43.0 Å². The van der Waals surface area contributed by atoms with E-state index in [1.165, 1.54) is 77.0 Å². The van der Waals surface area contributed by atoms with Crippen LogP contribution >= 0.6 is 0 Å². The molecule has 0 unspecified atom stereocenters. The number of nitrogens with one attached hydrogen (secondary N) is 18. The number of nitrogens with two attached hydrogens (primary N) is 3. The van der Waals surface area contributed by atoms with Gasteiger partial charge in [0.15, 0.2) is 0 Å². The summed E-state index contributed by atoms with van der Waals surface area (Å²) in [5.74, 6) is -19.5. The second kappa shape index (κ2) is 52.6. The molecule has 1 aromatic carbocycles. The Labute approximate surface area is 717 Å². The number of carbonyl (C=O) groups is 19. The number of primary amides is 2. The van der Waals surface area contributed by atoms with E-state index in [-0.39, 0.29) is 80.1 Å². The summed E-state index contributed by atoms with van der Waals surface area (Å²) in [5, 5.41) is 68.9. The number of phenolic OH excluding ortho intramolecular Hbond substituents is 1. The molecule has 0 aliphatic heterocycles. The van der Waals surface area contributed by atoms with Crippen LogP contribution in [0.4, 0.5) is 0 Å². The van der Waals surface area contributed by atoms with Crippen LogP contribution in [0.1, 0.15) is 165 Å². The van der Waals surface area contributed by atoms with Crippen LogP contribution in [0, 0.1) is 29.6 Å². The molecule has 0 radical (unpaired) electrons. The number of phenols is 1. The molecule has 0 bridgehead atoms. The Hall–Kier alpha value is -12.7. The van der Waals surface area contributed by atoms with Gasteiger partial charge in [0.25, 0.3) is 0 Å². The Bertz CT molecular complexity index is 4130. The largest absolute Gasteiger partial charge is 0.508 e. The van der Waals surface area contributed by atoms with Crippen molar-refractivity contribution >= 4 is 112 Å². The Morgan fingerprint density at radius 3 is 1.21 bits per heavy atom. The first-order chi connectivity index (χ1) is 58.1. The smallest absolute Gasteiger partial charge is 0.303 e. The highest BCUT2D eigenvalue weighted by Crippen LogP contribution is 2.17. The lowest BCUT2D eigenvalue weighted by Crippen LogP contribution is -2.61. The van der Waals surface area contributed by atoms with Crippen molar-refractivity contribution in [2.45, 2.75) is 258 Å². The fraction of sp³-hybridized carbons (Fsp3) is 0.608. The number of imidazole rings is 2. The van der Waals surface area contributed by atoms with Crippen LogP contribution in [-0.4, -0.2) is 258 Å². The third kappa shape index (κ3) is 39.0. The minimum absolute atomic E-state index is 0.00720. The van der Waals surface area contributed by atoms with Crippen LogP contribution in [0.2, 0.25) is 0 Å². The van der Waals surface area contributed by atoms with Gasteiger partial charge >= 0.3 is 5.97 Å². The van der Waals surface area contributed by atoms with Gasteiger partial charge in [-0.1, -0.05) is 87.8 Å². The first kappa shape index (κ1) is 105. The number of rotatable bonds is 55. The average Bonchev–Trinajstić information content (AvgIpc) is 1.27. The van der Waals surface area contributed by atoms with Crippen molar-refractivity contribution < 1.29 is 106 Å². The number of carbonyl (C=O) groups excluding carboxylic acids is 18. The molecule has 0 aliphatic rings. The summed E-state index contributed by atoms with van der Waals surface area (Å²) in [5.41, 5.74) is 18.3. The van der Waals surface area contributed by atoms with E-state index in [1.807, 2.05) is 0 Å². The van der Waals surface area contributed by atoms with Crippen molar-refractivity contribution in [1.82, 2.24) is 105 Å². The lowest BCUT2D eigenvalue weighted by molar-refractivity contribution is -0.138. The number of carboxylic acid groups (broad SMARTS) is 1. The van der Waals surface area contributed by atoms with Crippen molar-refractivity contribution in [1.29, 1.82) is 0 Å². The number of benzene rings is 1. The van der Waals surface area contributed by atoms with Crippen LogP contribution in [0.5, 0.6) is 5.75 Å². The van der Waals surface area contributed by atoms with E-state index < -0.39 is 248 Å². The highest BCUT2D eigenvalue weighted by molar-refractivity contribution is 6.01. The second-order valence-electron chi connectivity index (χ2n) is 32.2. The minimum Gasteiger partial charge on any atom is -0.508 e. The number of H-pyrrole nitrogens is 2. The summed E-state index contributed by atoms with van der Waals surface area (Å²) in [7, 11) is 0. The molecular weight excluding hydrogens is 1620 g/mol. The topological polar surface area (TPSA) is 713 Å². The average molecular weight is 1750 g/mol. The molecule has 0 aliphatic carbocycles. The number of amides is 18. The maximum absolute atomic E-state index is 14.3. The number of aliphatic carboxylic acids is 1. The highest BCUT2D eigenvalue weighted by atomic mass is 16.4. The van der Waals surface area contributed by atoms with Gasteiger partial charge in [0.05, 0.1) is 50.9 Å². The monoisotopic (exact) mass is 1750 g/mol. The molecule has 124 heavy (non-hydrogen) atoms. The van der Waals surface area contributed by atoms with E-state index >= 15 is 0 Å².